The first-order valence-corrected chi connectivity index (χ1v) is 6.38. The lowest BCUT2D eigenvalue weighted by atomic mass is 10.2. The van der Waals surface area contributed by atoms with Gasteiger partial charge in [0, 0.05) is 13.1 Å². The fraction of sp³-hybridized carbons (Fsp3) is 0.571. The Morgan fingerprint density at radius 2 is 2.26 bits per heavy atom. The van der Waals surface area contributed by atoms with Crippen LogP contribution in [0.15, 0.2) is 18.2 Å². The number of nitrogens with one attached hydrogen (secondary N) is 1. The molecule has 1 aromatic rings. The predicted octanol–water partition coefficient (Wildman–Crippen LogP) is 1.64. The number of aromatic hydroxyl groups is 1. The molecule has 106 valence electrons. The standard InChI is InChI=1S/C14H21NO4/c1-14(2)18-9-11(19-14)8-15-7-10-4-5-13(17-3)12(16)6-10/h4-6,11,15-16H,7-9H2,1-3H3. The fourth-order valence-electron chi connectivity index (χ4n) is 2.09. The third-order valence-electron chi connectivity index (χ3n) is 3.01. The van der Waals surface area contributed by atoms with Crippen LogP contribution in [0.2, 0.25) is 0 Å². The summed E-state index contributed by atoms with van der Waals surface area (Å²) in [5, 5.41) is 13.0. The summed E-state index contributed by atoms with van der Waals surface area (Å²) in [7, 11) is 1.53. The molecule has 0 bridgehead atoms. The average molecular weight is 267 g/mol. The van der Waals surface area contributed by atoms with E-state index in [1.165, 1.54) is 7.11 Å². The summed E-state index contributed by atoms with van der Waals surface area (Å²) in [6.45, 7) is 5.81. The number of benzene rings is 1. The highest BCUT2D eigenvalue weighted by Gasteiger charge is 2.32. The number of phenols is 1. The first kappa shape index (κ1) is 14.1. The van der Waals surface area contributed by atoms with Gasteiger partial charge in [-0.2, -0.15) is 0 Å². The first-order chi connectivity index (χ1) is 9.00. The quantitative estimate of drug-likeness (QED) is 0.849. The minimum atomic E-state index is -0.481. The van der Waals surface area contributed by atoms with E-state index in [-0.39, 0.29) is 11.9 Å². The summed E-state index contributed by atoms with van der Waals surface area (Å²) in [4.78, 5) is 0. The summed E-state index contributed by atoms with van der Waals surface area (Å²) in [6, 6.07) is 5.37. The molecule has 1 heterocycles. The van der Waals surface area contributed by atoms with E-state index in [2.05, 4.69) is 5.32 Å². The second kappa shape index (κ2) is 5.77. The molecule has 0 spiro atoms. The Morgan fingerprint density at radius 1 is 1.47 bits per heavy atom. The molecule has 0 saturated carbocycles. The van der Waals surface area contributed by atoms with Crippen LogP contribution in [0.4, 0.5) is 0 Å². The van der Waals surface area contributed by atoms with Gasteiger partial charge in [0.2, 0.25) is 0 Å². The molecule has 2 rings (SSSR count). The molecule has 2 N–H and O–H groups in total. The van der Waals surface area contributed by atoms with E-state index >= 15 is 0 Å². The summed E-state index contributed by atoms with van der Waals surface area (Å²) in [5.41, 5.74) is 0.997. The van der Waals surface area contributed by atoms with Crippen LogP contribution >= 0.6 is 0 Å². The van der Waals surface area contributed by atoms with Crippen molar-refractivity contribution in [2.75, 3.05) is 20.3 Å². The van der Waals surface area contributed by atoms with Gasteiger partial charge in [0.1, 0.15) is 0 Å². The molecule has 0 aromatic heterocycles. The Balaban J connectivity index is 1.78. The Labute approximate surface area is 113 Å². The van der Waals surface area contributed by atoms with Gasteiger partial charge in [0.05, 0.1) is 19.8 Å². The van der Waals surface area contributed by atoms with Gasteiger partial charge in [-0.25, -0.2) is 0 Å². The molecule has 19 heavy (non-hydrogen) atoms. The molecule has 0 aliphatic carbocycles. The van der Waals surface area contributed by atoms with Crippen LogP contribution in [0.3, 0.4) is 0 Å². The normalized spacial score (nSPS) is 21.5. The second-order valence-corrected chi connectivity index (χ2v) is 5.09. The van der Waals surface area contributed by atoms with Crippen LogP contribution in [0.5, 0.6) is 11.5 Å². The minimum absolute atomic E-state index is 0.0712. The van der Waals surface area contributed by atoms with E-state index in [1.807, 2.05) is 19.9 Å². The van der Waals surface area contributed by atoms with Gasteiger partial charge in [-0.05, 0) is 31.5 Å². The number of rotatable bonds is 5. The third kappa shape index (κ3) is 3.83. The van der Waals surface area contributed by atoms with Crippen LogP contribution in [0.25, 0.3) is 0 Å². The Morgan fingerprint density at radius 3 is 2.84 bits per heavy atom. The topological polar surface area (TPSA) is 60.0 Å². The number of hydrogen-bond donors (Lipinski definition) is 2. The Hall–Kier alpha value is -1.30. The Bertz CT molecular complexity index is 433. The van der Waals surface area contributed by atoms with Gasteiger partial charge < -0.3 is 24.6 Å². The summed E-state index contributed by atoms with van der Waals surface area (Å²) < 4.78 is 16.2. The van der Waals surface area contributed by atoms with E-state index in [0.717, 1.165) is 12.1 Å². The molecule has 1 unspecified atom stereocenters. The van der Waals surface area contributed by atoms with E-state index in [4.69, 9.17) is 14.2 Å². The molecule has 1 aliphatic rings. The largest absolute Gasteiger partial charge is 0.504 e. The zero-order valence-corrected chi connectivity index (χ0v) is 11.6. The van der Waals surface area contributed by atoms with Crippen LogP contribution in [0, 0.1) is 0 Å². The molecule has 5 heteroatoms. The van der Waals surface area contributed by atoms with Crippen molar-refractivity contribution >= 4 is 0 Å². The molecule has 5 nitrogen and oxygen atoms in total. The van der Waals surface area contributed by atoms with E-state index in [1.54, 1.807) is 12.1 Å². The van der Waals surface area contributed by atoms with Gasteiger partial charge in [0.25, 0.3) is 0 Å². The van der Waals surface area contributed by atoms with Crippen molar-refractivity contribution in [1.29, 1.82) is 0 Å². The number of hydrogen-bond acceptors (Lipinski definition) is 5. The van der Waals surface area contributed by atoms with Crippen molar-refractivity contribution in [1.82, 2.24) is 5.32 Å². The highest BCUT2D eigenvalue weighted by molar-refractivity contribution is 5.41. The maximum atomic E-state index is 9.67. The van der Waals surface area contributed by atoms with Crippen molar-refractivity contribution in [3.63, 3.8) is 0 Å². The lowest BCUT2D eigenvalue weighted by Crippen LogP contribution is -2.30. The SMILES string of the molecule is COc1ccc(CNCC2COC(C)(C)O2)cc1O. The summed E-state index contributed by atoms with van der Waals surface area (Å²) >= 11 is 0. The maximum absolute atomic E-state index is 9.67. The Kier molecular flexibility index (Phi) is 4.29. The number of methoxy groups -OCH3 is 1. The predicted molar refractivity (Wildman–Crippen MR) is 71.3 cm³/mol. The van der Waals surface area contributed by atoms with E-state index < -0.39 is 5.79 Å². The number of ether oxygens (including phenoxy) is 3. The third-order valence-corrected chi connectivity index (χ3v) is 3.01. The summed E-state index contributed by atoms with van der Waals surface area (Å²) in [6.07, 6.45) is 0.0712. The van der Waals surface area contributed by atoms with Crippen molar-refractivity contribution in [2.24, 2.45) is 0 Å². The van der Waals surface area contributed by atoms with Crippen molar-refractivity contribution in [3.8, 4) is 11.5 Å². The smallest absolute Gasteiger partial charge is 0.163 e. The van der Waals surface area contributed by atoms with E-state index in [9.17, 15) is 5.11 Å². The van der Waals surface area contributed by atoms with Crippen LogP contribution in [-0.4, -0.2) is 37.3 Å². The van der Waals surface area contributed by atoms with Gasteiger partial charge in [-0.15, -0.1) is 0 Å². The average Bonchev–Trinajstić information content (AvgIpc) is 2.69. The van der Waals surface area contributed by atoms with E-state index in [0.29, 0.717) is 18.9 Å². The number of phenolic OH excluding ortho intramolecular Hbond substituents is 1. The summed E-state index contributed by atoms with van der Waals surface area (Å²) in [5.74, 6) is 0.159. The molecule has 1 aliphatic heterocycles. The second-order valence-electron chi connectivity index (χ2n) is 5.09. The molecule has 0 amide bonds. The van der Waals surface area contributed by atoms with Crippen LogP contribution in [-0.2, 0) is 16.0 Å². The van der Waals surface area contributed by atoms with Gasteiger partial charge >= 0.3 is 0 Å². The maximum Gasteiger partial charge on any atom is 0.163 e. The van der Waals surface area contributed by atoms with Gasteiger partial charge in [-0.1, -0.05) is 6.07 Å². The van der Waals surface area contributed by atoms with Crippen LogP contribution in [0.1, 0.15) is 19.4 Å². The molecule has 1 aromatic carbocycles. The lowest BCUT2D eigenvalue weighted by molar-refractivity contribution is -0.137. The minimum Gasteiger partial charge on any atom is -0.504 e. The molecule has 1 fully saturated rings. The zero-order valence-electron chi connectivity index (χ0n) is 11.6. The van der Waals surface area contributed by atoms with Crippen molar-refractivity contribution in [3.05, 3.63) is 23.8 Å². The lowest BCUT2D eigenvalue weighted by Gasteiger charge is -2.17. The fourth-order valence-corrected chi connectivity index (χ4v) is 2.09. The zero-order chi connectivity index (χ0) is 13.9. The van der Waals surface area contributed by atoms with Crippen molar-refractivity contribution < 1.29 is 19.3 Å². The first-order valence-electron chi connectivity index (χ1n) is 6.38. The van der Waals surface area contributed by atoms with Crippen LogP contribution < -0.4 is 10.1 Å². The molecular weight excluding hydrogens is 246 g/mol. The molecule has 1 atom stereocenters. The van der Waals surface area contributed by atoms with Gasteiger partial charge in [0.15, 0.2) is 17.3 Å². The molecular formula is C14H21NO4. The van der Waals surface area contributed by atoms with Crippen molar-refractivity contribution in [2.45, 2.75) is 32.3 Å². The van der Waals surface area contributed by atoms with Gasteiger partial charge in [-0.3, -0.25) is 0 Å². The highest BCUT2D eigenvalue weighted by atomic mass is 16.7. The highest BCUT2D eigenvalue weighted by Crippen LogP contribution is 2.26. The molecule has 1 saturated heterocycles. The monoisotopic (exact) mass is 267 g/mol. The molecule has 0 radical (unpaired) electrons.